The third-order valence-corrected chi connectivity index (χ3v) is 5.13. The van der Waals surface area contributed by atoms with Crippen molar-refractivity contribution in [2.75, 3.05) is 19.6 Å². The lowest BCUT2D eigenvalue weighted by Gasteiger charge is -2.46. The van der Waals surface area contributed by atoms with Crippen LogP contribution < -0.4 is 0 Å². The van der Waals surface area contributed by atoms with E-state index in [9.17, 15) is 5.11 Å². The van der Waals surface area contributed by atoms with Crippen molar-refractivity contribution in [3.63, 3.8) is 0 Å². The van der Waals surface area contributed by atoms with E-state index in [-0.39, 0.29) is 6.10 Å². The van der Waals surface area contributed by atoms with E-state index in [1.807, 2.05) is 0 Å². The van der Waals surface area contributed by atoms with Gasteiger partial charge in [-0.15, -0.1) is 0 Å². The highest BCUT2D eigenvalue weighted by atomic mass is 16.3. The predicted molar refractivity (Wildman–Crippen MR) is 86.1 cm³/mol. The molecular weight excluding hydrogens is 260 g/mol. The lowest BCUT2D eigenvalue weighted by Crippen LogP contribution is -2.58. The predicted octanol–water partition coefficient (Wildman–Crippen LogP) is 2.50. The number of hydrogen-bond acceptors (Lipinski definition) is 3. The fraction of sp³-hybridized carbons (Fsp3) is 0.667. The first kappa shape index (κ1) is 15.0. The van der Waals surface area contributed by atoms with Gasteiger partial charge in [-0.05, 0) is 25.3 Å². The van der Waals surface area contributed by atoms with Gasteiger partial charge in [0.05, 0.1) is 6.10 Å². The van der Waals surface area contributed by atoms with Gasteiger partial charge in [-0.2, -0.15) is 0 Å². The maximum absolute atomic E-state index is 10.3. The van der Waals surface area contributed by atoms with E-state index < -0.39 is 0 Å². The molecule has 3 heteroatoms. The summed E-state index contributed by atoms with van der Waals surface area (Å²) < 4.78 is 0. The molecule has 116 valence electrons. The van der Waals surface area contributed by atoms with Crippen LogP contribution in [0.4, 0.5) is 0 Å². The zero-order valence-corrected chi connectivity index (χ0v) is 13.1. The van der Waals surface area contributed by atoms with E-state index in [2.05, 4.69) is 47.1 Å². The molecule has 1 saturated heterocycles. The van der Waals surface area contributed by atoms with E-state index in [4.69, 9.17) is 0 Å². The van der Waals surface area contributed by atoms with Crippen LogP contribution in [0, 0.1) is 0 Å². The van der Waals surface area contributed by atoms with Gasteiger partial charge in [0.15, 0.2) is 0 Å². The van der Waals surface area contributed by atoms with Gasteiger partial charge >= 0.3 is 0 Å². The molecule has 3 atom stereocenters. The number of rotatable bonds is 3. The van der Waals surface area contributed by atoms with Crippen molar-refractivity contribution < 1.29 is 5.11 Å². The van der Waals surface area contributed by atoms with Gasteiger partial charge in [-0.3, -0.25) is 9.80 Å². The average Bonchev–Trinajstić information content (AvgIpc) is 2.50. The van der Waals surface area contributed by atoms with Crippen molar-refractivity contribution in [1.82, 2.24) is 9.80 Å². The molecule has 0 aromatic heterocycles. The minimum atomic E-state index is -0.109. The van der Waals surface area contributed by atoms with Gasteiger partial charge in [0.2, 0.25) is 0 Å². The molecule has 0 amide bonds. The summed E-state index contributed by atoms with van der Waals surface area (Å²) in [7, 11) is 0. The minimum absolute atomic E-state index is 0.109. The first-order valence-electron chi connectivity index (χ1n) is 8.44. The summed E-state index contributed by atoms with van der Waals surface area (Å²) in [5, 5.41) is 10.3. The zero-order valence-electron chi connectivity index (χ0n) is 13.1. The Labute approximate surface area is 128 Å². The van der Waals surface area contributed by atoms with Gasteiger partial charge in [0.25, 0.3) is 0 Å². The Hall–Kier alpha value is -0.900. The Morgan fingerprint density at radius 2 is 1.86 bits per heavy atom. The van der Waals surface area contributed by atoms with Gasteiger partial charge in [-0.1, -0.05) is 43.2 Å². The van der Waals surface area contributed by atoms with E-state index in [0.717, 1.165) is 32.6 Å². The smallest absolute Gasteiger partial charge is 0.0695 e. The van der Waals surface area contributed by atoms with E-state index in [1.54, 1.807) is 0 Å². The Balaban J connectivity index is 1.56. The molecule has 1 saturated carbocycles. The first-order chi connectivity index (χ1) is 10.2. The van der Waals surface area contributed by atoms with Crippen molar-refractivity contribution in [3.8, 4) is 0 Å². The summed E-state index contributed by atoms with van der Waals surface area (Å²) in [5.41, 5.74) is 1.40. The van der Waals surface area contributed by atoms with Crippen molar-refractivity contribution in [1.29, 1.82) is 0 Å². The second kappa shape index (κ2) is 6.91. The monoisotopic (exact) mass is 288 g/mol. The molecule has 3 nitrogen and oxygen atoms in total. The maximum Gasteiger partial charge on any atom is 0.0695 e. The highest BCUT2D eigenvalue weighted by molar-refractivity contribution is 5.14. The van der Waals surface area contributed by atoms with E-state index >= 15 is 0 Å². The second-order valence-corrected chi connectivity index (χ2v) is 6.73. The van der Waals surface area contributed by atoms with E-state index in [0.29, 0.717) is 12.1 Å². The Morgan fingerprint density at radius 1 is 1.10 bits per heavy atom. The number of nitrogens with zero attached hydrogens (tertiary/aromatic N) is 2. The van der Waals surface area contributed by atoms with Crippen LogP contribution in [0.25, 0.3) is 0 Å². The number of aliphatic hydroxyl groups excluding tert-OH is 1. The van der Waals surface area contributed by atoms with Crippen molar-refractivity contribution in [2.24, 2.45) is 0 Å². The van der Waals surface area contributed by atoms with Crippen LogP contribution in [0.2, 0.25) is 0 Å². The van der Waals surface area contributed by atoms with Crippen molar-refractivity contribution in [2.45, 2.75) is 57.3 Å². The molecule has 2 fully saturated rings. The normalized spacial score (nSPS) is 32.2. The van der Waals surface area contributed by atoms with Gasteiger partial charge in [-0.25, -0.2) is 0 Å². The molecule has 1 aliphatic heterocycles. The summed E-state index contributed by atoms with van der Waals surface area (Å²) in [6.45, 7) is 6.68. The quantitative estimate of drug-likeness (QED) is 0.926. The van der Waals surface area contributed by atoms with Crippen molar-refractivity contribution in [3.05, 3.63) is 35.9 Å². The highest BCUT2D eigenvalue weighted by Crippen LogP contribution is 2.26. The maximum atomic E-state index is 10.3. The number of hydrogen-bond donors (Lipinski definition) is 1. The fourth-order valence-corrected chi connectivity index (χ4v) is 4.00. The third-order valence-electron chi connectivity index (χ3n) is 5.13. The van der Waals surface area contributed by atoms with Crippen LogP contribution in [-0.4, -0.2) is 52.7 Å². The van der Waals surface area contributed by atoms with E-state index in [1.165, 1.54) is 24.8 Å². The Morgan fingerprint density at radius 3 is 2.57 bits per heavy atom. The molecule has 0 radical (unpaired) electrons. The molecule has 1 unspecified atom stereocenters. The molecule has 0 spiro atoms. The standard InChI is InChI=1S/C18H28N2O/c1-15-13-19(14-16-7-3-2-4-8-16)11-12-20(15)17-9-5-6-10-18(17)21/h2-4,7-8,15,17-18,21H,5-6,9-14H2,1H3/t15?,17-,18-/m1/s1. The highest BCUT2D eigenvalue weighted by Gasteiger charge is 2.34. The largest absolute Gasteiger partial charge is 0.391 e. The molecule has 1 aliphatic carbocycles. The lowest BCUT2D eigenvalue weighted by molar-refractivity contribution is -0.0301. The molecule has 1 heterocycles. The van der Waals surface area contributed by atoms with Gasteiger partial charge < -0.3 is 5.11 Å². The Kier molecular flexibility index (Phi) is 4.94. The second-order valence-electron chi connectivity index (χ2n) is 6.73. The lowest BCUT2D eigenvalue weighted by atomic mass is 9.90. The summed E-state index contributed by atoms with van der Waals surface area (Å²) in [6.07, 6.45) is 4.52. The zero-order chi connectivity index (χ0) is 14.7. The van der Waals surface area contributed by atoms with Crippen LogP contribution in [0.3, 0.4) is 0 Å². The topological polar surface area (TPSA) is 26.7 Å². The summed E-state index contributed by atoms with van der Waals surface area (Å²) in [4.78, 5) is 5.11. The minimum Gasteiger partial charge on any atom is -0.391 e. The third kappa shape index (κ3) is 3.65. The van der Waals surface area contributed by atoms with Crippen LogP contribution in [0.1, 0.15) is 38.2 Å². The van der Waals surface area contributed by atoms with Gasteiger partial charge in [0, 0.05) is 38.3 Å². The van der Waals surface area contributed by atoms with Gasteiger partial charge in [0.1, 0.15) is 0 Å². The van der Waals surface area contributed by atoms with Crippen molar-refractivity contribution >= 4 is 0 Å². The molecule has 1 aromatic rings. The number of aliphatic hydroxyl groups is 1. The summed E-state index contributed by atoms with van der Waals surface area (Å²) in [5.74, 6) is 0. The van der Waals surface area contributed by atoms with Crippen LogP contribution >= 0.6 is 0 Å². The molecule has 0 bridgehead atoms. The molecule has 2 aliphatic rings. The molecule has 1 N–H and O–H groups in total. The van der Waals surface area contributed by atoms with Crippen LogP contribution in [-0.2, 0) is 6.54 Å². The molecule has 1 aromatic carbocycles. The number of piperazine rings is 1. The summed E-state index contributed by atoms with van der Waals surface area (Å²) >= 11 is 0. The first-order valence-corrected chi connectivity index (χ1v) is 8.44. The fourth-order valence-electron chi connectivity index (χ4n) is 4.00. The molecule has 3 rings (SSSR count). The molecule has 21 heavy (non-hydrogen) atoms. The van der Waals surface area contributed by atoms with Crippen LogP contribution in [0.15, 0.2) is 30.3 Å². The summed E-state index contributed by atoms with van der Waals surface area (Å²) in [6, 6.07) is 11.7. The SMILES string of the molecule is CC1CN(Cc2ccccc2)CCN1[C@@H]1CCCC[C@H]1O. The Bertz CT molecular complexity index is 436. The number of benzene rings is 1. The van der Waals surface area contributed by atoms with Crippen LogP contribution in [0.5, 0.6) is 0 Å². The molecular formula is C18H28N2O. The average molecular weight is 288 g/mol.